The largest absolute Gasteiger partial charge is 0.386 e. The molecule has 4 nitrogen and oxygen atoms in total. The topological polar surface area (TPSA) is 53.4 Å². The summed E-state index contributed by atoms with van der Waals surface area (Å²) in [4.78, 5) is 16.9. The van der Waals surface area contributed by atoms with Gasteiger partial charge in [0.05, 0.1) is 13.1 Å². The van der Waals surface area contributed by atoms with Gasteiger partial charge in [-0.15, -0.1) is 0 Å². The van der Waals surface area contributed by atoms with E-state index in [9.17, 15) is 14.3 Å². The van der Waals surface area contributed by atoms with E-state index in [1.54, 1.807) is 0 Å². The molecule has 0 aliphatic carbocycles. The highest BCUT2D eigenvalue weighted by Crippen LogP contribution is 2.29. The van der Waals surface area contributed by atoms with E-state index in [2.05, 4.69) is 4.98 Å². The van der Waals surface area contributed by atoms with Crippen LogP contribution in [0.5, 0.6) is 0 Å². The molecule has 1 amide bonds. The lowest BCUT2D eigenvalue weighted by Crippen LogP contribution is -2.66. The molecule has 1 aliphatic rings. The Kier molecular flexibility index (Phi) is 2.87. The van der Waals surface area contributed by atoms with E-state index >= 15 is 0 Å². The number of aromatic nitrogens is 1. The third-order valence-corrected chi connectivity index (χ3v) is 3.23. The quantitative estimate of drug-likeness (QED) is 0.784. The van der Waals surface area contributed by atoms with Gasteiger partial charge in [-0.25, -0.2) is 4.98 Å². The molecule has 0 saturated carbocycles. The Morgan fingerprint density at radius 3 is 2.71 bits per heavy atom. The van der Waals surface area contributed by atoms with Gasteiger partial charge in [0, 0.05) is 0 Å². The third-order valence-electron chi connectivity index (χ3n) is 3.23. The fourth-order valence-electron chi connectivity index (χ4n) is 1.81. The summed E-state index contributed by atoms with van der Waals surface area (Å²) >= 11 is 0. The van der Waals surface area contributed by atoms with Gasteiger partial charge in [-0.1, -0.05) is 19.9 Å². The van der Waals surface area contributed by atoms with Crippen LogP contribution in [0.3, 0.4) is 0 Å². The first kappa shape index (κ1) is 12.0. The van der Waals surface area contributed by atoms with Gasteiger partial charge in [0.1, 0.15) is 11.3 Å². The number of hydrogen-bond donors (Lipinski definition) is 1. The summed E-state index contributed by atoms with van der Waals surface area (Å²) in [5.41, 5.74) is -0.737. The Balaban J connectivity index is 2.05. The second kappa shape index (κ2) is 4.07. The fourth-order valence-corrected chi connectivity index (χ4v) is 1.81. The maximum absolute atomic E-state index is 12.9. The van der Waals surface area contributed by atoms with Crippen LogP contribution in [0, 0.1) is 11.9 Å². The van der Waals surface area contributed by atoms with E-state index in [4.69, 9.17) is 0 Å². The van der Waals surface area contributed by atoms with Crippen molar-refractivity contribution in [3.63, 3.8) is 0 Å². The van der Waals surface area contributed by atoms with Crippen molar-refractivity contribution in [3.8, 4) is 0 Å². The average molecular weight is 238 g/mol. The molecular weight excluding hydrogens is 223 g/mol. The Morgan fingerprint density at radius 1 is 1.53 bits per heavy atom. The van der Waals surface area contributed by atoms with Crippen LogP contribution in [0.4, 0.5) is 4.39 Å². The van der Waals surface area contributed by atoms with E-state index < -0.39 is 11.5 Å². The number of carbonyl (C=O) groups excluding carboxylic acids is 1. The number of hydrogen-bond acceptors (Lipinski definition) is 3. The number of likely N-dealkylation sites (tertiary alicyclic amines) is 1. The molecule has 0 spiro atoms. The SMILES string of the molecule is CC(C)C1(O)CN(C(=O)c2cccc(F)n2)C1. The van der Waals surface area contributed by atoms with Gasteiger partial charge in [0.15, 0.2) is 0 Å². The summed E-state index contributed by atoms with van der Waals surface area (Å²) in [6.07, 6.45) is 0. The monoisotopic (exact) mass is 238 g/mol. The maximum atomic E-state index is 12.9. The van der Waals surface area contributed by atoms with Crippen molar-refractivity contribution in [2.24, 2.45) is 5.92 Å². The molecule has 0 radical (unpaired) electrons. The summed E-state index contributed by atoms with van der Waals surface area (Å²) in [5, 5.41) is 10.0. The Bertz CT molecular complexity index is 442. The third kappa shape index (κ3) is 2.15. The van der Waals surface area contributed by atoms with Gasteiger partial charge < -0.3 is 10.0 Å². The molecule has 17 heavy (non-hydrogen) atoms. The van der Waals surface area contributed by atoms with Crippen LogP contribution in [0.25, 0.3) is 0 Å². The second-order valence-corrected chi connectivity index (χ2v) is 4.77. The molecule has 1 aliphatic heterocycles. The standard InChI is InChI=1S/C12H15FN2O2/c1-8(2)12(17)6-15(7-12)11(16)9-4-3-5-10(13)14-9/h3-5,8,17H,6-7H2,1-2H3. The van der Waals surface area contributed by atoms with E-state index in [1.807, 2.05) is 13.8 Å². The summed E-state index contributed by atoms with van der Waals surface area (Å²) < 4.78 is 12.9. The van der Waals surface area contributed by atoms with Crippen LogP contribution in [-0.4, -0.2) is 39.6 Å². The normalized spacial score (nSPS) is 18.1. The molecule has 5 heteroatoms. The van der Waals surface area contributed by atoms with Crippen molar-refractivity contribution in [3.05, 3.63) is 29.8 Å². The number of β-amino-alcohol motifs (C(OH)–C–C–N with tert-alkyl or cyclic N) is 1. The predicted octanol–water partition coefficient (Wildman–Crippen LogP) is 1.06. The minimum atomic E-state index is -0.816. The first-order chi connectivity index (χ1) is 7.92. The van der Waals surface area contributed by atoms with Crippen LogP contribution in [0.15, 0.2) is 18.2 Å². The fraction of sp³-hybridized carbons (Fsp3) is 0.500. The van der Waals surface area contributed by atoms with Gasteiger partial charge in [0.2, 0.25) is 5.95 Å². The Hall–Kier alpha value is -1.49. The van der Waals surface area contributed by atoms with Crippen molar-refractivity contribution >= 4 is 5.91 Å². The lowest BCUT2D eigenvalue weighted by atomic mass is 9.83. The van der Waals surface area contributed by atoms with Crippen LogP contribution in [0.1, 0.15) is 24.3 Å². The molecule has 1 fully saturated rings. The van der Waals surface area contributed by atoms with Gasteiger partial charge >= 0.3 is 0 Å². The number of aliphatic hydroxyl groups is 1. The smallest absolute Gasteiger partial charge is 0.272 e. The number of rotatable bonds is 2. The predicted molar refractivity (Wildman–Crippen MR) is 59.9 cm³/mol. The second-order valence-electron chi connectivity index (χ2n) is 4.77. The lowest BCUT2D eigenvalue weighted by Gasteiger charge is -2.48. The number of carbonyl (C=O) groups is 1. The molecular formula is C12H15FN2O2. The van der Waals surface area contributed by atoms with E-state index in [0.29, 0.717) is 0 Å². The molecule has 0 bridgehead atoms. The number of nitrogens with zero attached hydrogens (tertiary/aromatic N) is 2. The van der Waals surface area contributed by atoms with Crippen molar-refractivity contribution in [1.82, 2.24) is 9.88 Å². The first-order valence-electron chi connectivity index (χ1n) is 5.56. The van der Waals surface area contributed by atoms with Crippen molar-refractivity contribution < 1.29 is 14.3 Å². The van der Waals surface area contributed by atoms with Gasteiger partial charge in [-0.05, 0) is 18.1 Å². The van der Waals surface area contributed by atoms with Crippen molar-refractivity contribution in [2.45, 2.75) is 19.4 Å². The summed E-state index contributed by atoms with van der Waals surface area (Å²) in [6, 6.07) is 4.11. The average Bonchev–Trinajstić information content (AvgIpc) is 2.23. The molecule has 1 saturated heterocycles. The van der Waals surface area contributed by atoms with Crippen LogP contribution < -0.4 is 0 Å². The lowest BCUT2D eigenvalue weighted by molar-refractivity contribution is -0.111. The molecule has 1 aromatic rings. The molecule has 92 valence electrons. The molecule has 1 aromatic heterocycles. The molecule has 0 atom stereocenters. The molecule has 0 aromatic carbocycles. The number of halogens is 1. The summed E-state index contributed by atoms with van der Waals surface area (Å²) in [7, 11) is 0. The Morgan fingerprint density at radius 2 is 2.18 bits per heavy atom. The van der Waals surface area contributed by atoms with Gasteiger partial charge in [-0.3, -0.25) is 4.79 Å². The number of amides is 1. The number of pyridine rings is 1. The van der Waals surface area contributed by atoms with Crippen molar-refractivity contribution in [1.29, 1.82) is 0 Å². The van der Waals surface area contributed by atoms with Gasteiger partial charge in [-0.2, -0.15) is 4.39 Å². The molecule has 1 N–H and O–H groups in total. The zero-order valence-electron chi connectivity index (χ0n) is 9.85. The minimum absolute atomic E-state index is 0.0795. The zero-order valence-corrected chi connectivity index (χ0v) is 9.85. The molecule has 0 unspecified atom stereocenters. The van der Waals surface area contributed by atoms with E-state index in [-0.39, 0.29) is 30.6 Å². The highest BCUT2D eigenvalue weighted by molar-refractivity contribution is 5.93. The highest BCUT2D eigenvalue weighted by atomic mass is 19.1. The van der Waals surface area contributed by atoms with E-state index in [0.717, 1.165) is 0 Å². The van der Waals surface area contributed by atoms with Crippen molar-refractivity contribution in [2.75, 3.05) is 13.1 Å². The zero-order chi connectivity index (χ0) is 12.6. The summed E-state index contributed by atoms with van der Waals surface area (Å²) in [5.74, 6) is -0.919. The Labute approximate surface area is 99.1 Å². The minimum Gasteiger partial charge on any atom is -0.386 e. The molecule has 2 rings (SSSR count). The van der Waals surface area contributed by atoms with Crippen LogP contribution >= 0.6 is 0 Å². The highest BCUT2D eigenvalue weighted by Gasteiger charge is 2.46. The van der Waals surface area contributed by atoms with Crippen LogP contribution in [0.2, 0.25) is 0 Å². The maximum Gasteiger partial charge on any atom is 0.272 e. The van der Waals surface area contributed by atoms with Crippen LogP contribution in [-0.2, 0) is 0 Å². The molecule has 2 heterocycles. The van der Waals surface area contributed by atoms with Gasteiger partial charge in [0.25, 0.3) is 5.91 Å². The van der Waals surface area contributed by atoms with E-state index in [1.165, 1.54) is 23.1 Å². The summed E-state index contributed by atoms with van der Waals surface area (Å²) in [6.45, 7) is 4.37. The first-order valence-corrected chi connectivity index (χ1v) is 5.56.